The highest BCUT2D eigenvalue weighted by Gasteiger charge is 2.30. The van der Waals surface area contributed by atoms with E-state index in [-0.39, 0.29) is 24.7 Å². The summed E-state index contributed by atoms with van der Waals surface area (Å²) in [7, 11) is 1.70. The molecule has 0 unspecified atom stereocenters. The fraction of sp³-hybridized carbons (Fsp3) is 0.438. The average molecular weight is 369 g/mol. The number of aromatic nitrogens is 3. The summed E-state index contributed by atoms with van der Waals surface area (Å²) in [5, 5.41) is 8.04. The SMILES string of the molecule is C[C@@H]1Cc2c(C(=O)N(C)Cc3ncc(Cl)cc3Cl)n[nH]c2[C@H](C)O1. The van der Waals surface area contributed by atoms with E-state index in [1.54, 1.807) is 18.0 Å². The van der Waals surface area contributed by atoms with Crippen molar-refractivity contribution in [3.05, 3.63) is 45.0 Å². The molecule has 2 aromatic heterocycles. The fourth-order valence-electron chi connectivity index (χ4n) is 2.89. The van der Waals surface area contributed by atoms with Gasteiger partial charge in [0.1, 0.15) is 0 Å². The number of rotatable bonds is 3. The third-order valence-electron chi connectivity index (χ3n) is 4.05. The molecule has 128 valence electrons. The van der Waals surface area contributed by atoms with Crippen molar-refractivity contribution in [2.45, 2.75) is 39.0 Å². The molecule has 8 heteroatoms. The lowest BCUT2D eigenvalue weighted by atomic mass is 9.99. The van der Waals surface area contributed by atoms with Gasteiger partial charge in [0.05, 0.1) is 40.2 Å². The van der Waals surface area contributed by atoms with Gasteiger partial charge in [-0.3, -0.25) is 14.9 Å². The summed E-state index contributed by atoms with van der Waals surface area (Å²) >= 11 is 12.0. The molecular weight excluding hydrogens is 351 g/mol. The van der Waals surface area contributed by atoms with Gasteiger partial charge in [0.25, 0.3) is 5.91 Å². The molecule has 1 amide bonds. The maximum absolute atomic E-state index is 12.8. The van der Waals surface area contributed by atoms with Crippen LogP contribution in [0.2, 0.25) is 10.0 Å². The number of nitrogens with zero attached hydrogens (tertiary/aromatic N) is 3. The van der Waals surface area contributed by atoms with Crippen molar-refractivity contribution < 1.29 is 9.53 Å². The zero-order valence-electron chi connectivity index (χ0n) is 13.6. The lowest BCUT2D eigenvalue weighted by Gasteiger charge is -2.25. The van der Waals surface area contributed by atoms with Gasteiger partial charge in [0.15, 0.2) is 5.69 Å². The first-order valence-electron chi connectivity index (χ1n) is 7.64. The normalized spacial score (nSPS) is 19.9. The van der Waals surface area contributed by atoms with Crippen LogP contribution in [0.1, 0.15) is 47.4 Å². The third-order valence-corrected chi connectivity index (χ3v) is 4.59. The van der Waals surface area contributed by atoms with E-state index >= 15 is 0 Å². The van der Waals surface area contributed by atoms with E-state index < -0.39 is 0 Å². The lowest BCUT2D eigenvalue weighted by molar-refractivity contribution is -0.00701. The first kappa shape index (κ1) is 17.2. The van der Waals surface area contributed by atoms with Gasteiger partial charge in [-0.2, -0.15) is 5.10 Å². The summed E-state index contributed by atoms with van der Waals surface area (Å²) < 4.78 is 5.75. The van der Waals surface area contributed by atoms with Crippen molar-refractivity contribution in [2.75, 3.05) is 7.05 Å². The molecule has 2 atom stereocenters. The maximum Gasteiger partial charge on any atom is 0.274 e. The quantitative estimate of drug-likeness (QED) is 0.900. The van der Waals surface area contributed by atoms with E-state index in [4.69, 9.17) is 27.9 Å². The molecule has 0 saturated carbocycles. The summed E-state index contributed by atoms with van der Waals surface area (Å²) in [6, 6.07) is 1.61. The van der Waals surface area contributed by atoms with Crippen LogP contribution in [0.3, 0.4) is 0 Å². The predicted molar refractivity (Wildman–Crippen MR) is 91.3 cm³/mol. The minimum atomic E-state index is -0.179. The number of amides is 1. The Morgan fingerprint density at radius 2 is 2.21 bits per heavy atom. The predicted octanol–water partition coefficient (Wildman–Crippen LogP) is 3.41. The van der Waals surface area contributed by atoms with Crippen LogP contribution in [0, 0.1) is 0 Å². The maximum atomic E-state index is 12.8. The smallest absolute Gasteiger partial charge is 0.274 e. The Kier molecular flexibility index (Phi) is 4.80. The molecule has 0 spiro atoms. The van der Waals surface area contributed by atoms with E-state index in [2.05, 4.69) is 15.2 Å². The highest BCUT2D eigenvalue weighted by Crippen LogP contribution is 2.30. The van der Waals surface area contributed by atoms with Crippen molar-refractivity contribution in [2.24, 2.45) is 0 Å². The second kappa shape index (κ2) is 6.70. The van der Waals surface area contributed by atoms with Gasteiger partial charge < -0.3 is 9.64 Å². The first-order valence-corrected chi connectivity index (χ1v) is 8.40. The zero-order chi connectivity index (χ0) is 17.4. The van der Waals surface area contributed by atoms with Crippen LogP contribution in [0.15, 0.2) is 12.3 Å². The van der Waals surface area contributed by atoms with Crippen molar-refractivity contribution in [1.82, 2.24) is 20.1 Å². The number of nitrogens with one attached hydrogen (secondary N) is 1. The second-order valence-corrected chi connectivity index (χ2v) is 6.84. The van der Waals surface area contributed by atoms with Crippen LogP contribution in [-0.2, 0) is 17.7 Å². The van der Waals surface area contributed by atoms with Gasteiger partial charge >= 0.3 is 0 Å². The van der Waals surface area contributed by atoms with Crippen LogP contribution in [0.25, 0.3) is 0 Å². The molecule has 1 N–H and O–H groups in total. The number of hydrogen-bond acceptors (Lipinski definition) is 4. The van der Waals surface area contributed by atoms with Gasteiger partial charge in [0.2, 0.25) is 0 Å². The first-order chi connectivity index (χ1) is 11.4. The Morgan fingerprint density at radius 1 is 1.46 bits per heavy atom. The minimum absolute atomic E-state index is 0.0503. The molecule has 0 aromatic carbocycles. The average Bonchev–Trinajstić information content (AvgIpc) is 2.93. The molecular formula is C16H18Cl2N4O2. The Morgan fingerprint density at radius 3 is 2.92 bits per heavy atom. The molecule has 0 aliphatic carbocycles. The number of carbonyl (C=O) groups excluding carboxylic acids is 1. The number of aromatic amines is 1. The molecule has 1 aliphatic rings. The highest BCUT2D eigenvalue weighted by molar-refractivity contribution is 6.34. The van der Waals surface area contributed by atoms with Gasteiger partial charge in [-0.25, -0.2) is 0 Å². The number of hydrogen-bond donors (Lipinski definition) is 1. The number of fused-ring (bicyclic) bond motifs is 1. The Bertz CT molecular complexity index is 777. The summed E-state index contributed by atoms with van der Waals surface area (Å²) in [6.45, 7) is 4.21. The van der Waals surface area contributed by atoms with E-state index in [1.807, 2.05) is 13.8 Å². The van der Waals surface area contributed by atoms with Gasteiger partial charge in [-0.1, -0.05) is 23.2 Å². The summed E-state index contributed by atoms with van der Waals surface area (Å²) in [6.07, 6.45) is 2.12. The number of carbonyl (C=O) groups is 1. The van der Waals surface area contributed by atoms with E-state index in [9.17, 15) is 4.79 Å². The molecule has 24 heavy (non-hydrogen) atoms. The van der Waals surface area contributed by atoms with Crippen LogP contribution in [-0.4, -0.2) is 39.1 Å². The van der Waals surface area contributed by atoms with Crippen molar-refractivity contribution in [1.29, 1.82) is 0 Å². The summed E-state index contributed by atoms with van der Waals surface area (Å²) in [4.78, 5) is 18.5. The van der Waals surface area contributed by atoms with Gasteiger partial charge in [-0.05, 0) is 19.9 Å². The van der Waals surface area contributed by atoms with Crippen LogP contribution < -0.4 is 0 Å². The monoisotopic (exact) mass is 368 g/mol. The van der Waals surface area contributed by atoms with Crippen LogP contribution >= 0.6 is 23.2 Å². The molecule has 1 aliphatic heterocycles. The topological polar surface area (TPSA) is 71.1 Å². The molecule has 3 heterocycles. The summed E-state index contributed by atoms with van der Waals surface area (Å²) in [5.74, 6) is -0.179. The fourth-order valence-corrected chi connectivity index (χ4v) is 3.33. The molecule has 2 aromatic rings. The minimum Gasteiger partial charge on any atom is -0.369 e. The van der Waals surface area contributed by atoms with Gasteiger partial charge in [0, 0.05) is 25.2 Å². The van der Waals surface area contributed by atoms with Crippen molar-refractivity contribution in [3.8, 4) is 0 Å². The van der Waals surface area contributed by atoms with E-state index in [0.717, 1.165) is 11.3 Å². The van der Waals surface area contributed by atoms with Crippen molar-refractivity contribution in [3.63, 3.8) is 0 Å². The Hall–Kier alpha value is -1.63. The third kappa shape index (κ3) is 3.27. The summed E-state index contributed by atoms with van der Waals surface area (Å²) in [5.41, 5.74) is 2.81. The zero-order valence-corrected chi connectivity index (χ0v) is 15.1. The number of H-pyrrole nitrogens is 1. The van der Waals surface area contributed by atoms with E-state index in [1.165, 1.54) is 6.20 Å². The van der Waals surface area contributed by atoms with Gasteiger partial charge in [-0.15, -0.1) is 0 Å². The molecule has 6 nitrogen and oxygen atoms in total. The molecule has 0 radical (unpaired) electrons. The second-order valence-electron chi connectivity index (χ2n) is 6.00. The standard InChI is InChI=1S/C16H18Cl2N4O2/c1-8-4-11-14(9(2)24-8)20-21-15(11)16(23)22(3)7-13-12(18)5-10(17)6-19-13/h5-6,8-9H,4,7H2,1-3H3,(H,20,21)/t8-,9+/m1/s1. The number of halogens is 2. The van der Waals surface area contributed by atoms with Crippen LogP contribution in [0.4, 0.5) is 0 Å². The molecule has 0 fully saturated rings. The lowest BCUT2D eigenvalue weighted by Crippen LogP contribution is -2.29. The highest BCUT2D eigenvalue weighted by atomic mass is 35.5. The number of pyridine rings is 1. The Balaban J connectivity index is 1.82. The van der Waals surface area contributed by atoms with Crippen LogP contribution in [0.5, 0.6) is 0 Å². The molecule has 0 bridgehead atoms. The number of ether oxygens (including phenoxy) is 1. The van der Waals surface area contributed by atoms with E-state index in [0.29, 0.717) is 27.9 Å². The molecule has 0 saturated heterocycles. The van der Waals surface area contributed by atoms with Crippen molar-refractivity contribution >= 4 is 29.1 Å². The molecule has 3 rings (SSSR count). The Labute approximate surface area is 150 Å². The largest absolute Gasteiger partial charge is 0.369 e.